The van der Waals surface area contributed by atoms with Crippen LogP contribution in [0.1, 0.15) is 38.6 Å². The molecule has 1 aromatic carbocycles. The van der Waals surface area contributed by atoms with Crippen LogP contribution in [0.25, 0.3) is 0 Å². The standard InChI is InChI=1S/C20H21ClN2O3/c1-13-18(11-22-10-17-7-4-8-26-17)19(20(24)25)14(2)23(13)12-15-5-3-6-16(21)9-15/h3-9,22H,10-12H2,1-2H3,(H,24,25). The topological polar surface area (TPSA) is 67.4 Å². The first-order valence-corrected chi connectivity index (χ1v) is 8.74. The molecular formula is C20H21ClN2O3. The van der Waals surface area contributed by atoms with Crippen molar-refractivity contribution < 1.29 is 14.3 Å². The van der Waals surface area contributed by atoms with Crippen molar-refractivity contribution in [3.05, 3.63) is 81.5 Å². The van der Waals surface area contributed by atoms with Crippen LogP contribution in [0.2, 0.25) is 5.02 Å². The molecule has 136 valence electrons. The molecule has 0 aliphatic heterocycles. The maximum atomic E-state index is 11.8. The molecule has 26 heavy (non-hydrogen) atoms. The minimum Gasteiger partial charge on any atom is -0.478 e. The van der Waals surface area contributed by atoms with Gasteiger partial charge >= 0.3 is 5.97 Å². The van der Waals surface area contributed by atoms with Gasteiger partial charge in [0.15, 0.2) is 0 Å². The molecule has 0 spiro atoms. The predicted octanol–water partition coefficient (Wildman–Crippen LogP) is 4.39. The lowest BCUT2D eigenvalue weighted by Gasteiger charge is -2.10. The van der Waals surface area contributed by atoms with E-state index in [-0.39, 0.29) is 0 Å². The molecule has 0 saturated heterocycles. The number of nitrogens with one attached hydrogen (secondary N) is 1. The molecule has 2 aromatic heterocycles. The molecule has 0 fully saturated rings. The Labute approximate surface area is 157 Å². The molecule has 0 unspecified atom stereocenters. The van der Waals surface area contributed by atoms with Crippen LogP contribution in [0, 0.1) is 13.8 Å². The van der Waals surface area contributed by atoms with Gasteiger partial charge in [-0.25, -0.2) is 4.79 Å². The quantitative estimate of drug-likeness (QED) is 0.645. The van der Waals surface area contributed by atoms with Gasteiger partial charge in [-0.1, -0.05) is 23.7 Å². The van der Waals surface area contributed by atoms with Crippen molar-refractivity contribution >= 4 is 17.6 Å². The number of aromatic nitrogens is 1. The van der Waals surface area contributed by atoms with E-state index in [0.717, 1.165) is 28.3 Å². The Bertz CT molecular complexity index is 914. The third kappa shape index (κ3) is 3.84. The molecule has 6 heteroatoms. The Morgan fingerprint density at radius 3 is 2.65 bits per heavy atom. The number of benzene rings is 1. The molecule has 0 radical (unpaired) electrons. The van der Waals surface area contributed by atoms with Crippen LogP contribution >= 0.6 is 11.6 Å². The largest absolute Gasteiger partial charge is 0.478 e. The SMILES string of the molecule is Cc1c(CNCc2ccco2)c(C(=O)O)c(C)n1Cc1cccc(Cl)c1. The van der Waals surface area contributed by atoms with Gasteiger partial charge in [0.05, 0.1) is 18.4 Å². The van der Waals surface area contributed by atoms with Crippen molar-refractivity contribution in [1.82, 2.24) is 9.88 Å². The summed E-state index contributed by atoms with van der Waals surface area (Å²) in [6, 6.07) is 11.3. The lowest BCUT2D eigenvalue weighted by atomic mass is 10.1. The smallest absolute Gasteiger partial charge is 0.337 e. The Morgan fingerprint density at radius 2 is 2.00 bits per heavy atom. The summed E-state index contributed by atoms with van der Waals surface area (Å²) in [5.41, 5.74) is 3.86. The zero-order chi connectivity index (χ0) is 18.7. The van der Waals surface area contributed by atoms with E-state index >= 15 is 0 Å². The van der Waals surface area contributed by atoms with Gasteiger partial charge in [0.25, 0.3) is 0 Å². The lowest BCUT2D eigenvalue weighted by Crippen LogP contribution is -2.15. The Morgan fingerprint density at radius 1 is 1.19 bits per heavy atom. The number of hydrogen-bond donors (Lipinski definition) is 2. The van der Waals surface area contributed by atoms with Gasteiger partial charge in [-0.2, -0.15) is 0 Å². The highest BCUT2D eigenvalue weighted by Crippen LogP contribution is 2.24. The number of hydrogen-bond acceptors (Lipinski definition) is 3. The number of rotatable bonds is 7. The van der Waals surface area contributed by atoms with E-state index in [9.17, 15) is 9.90 Å². The van der Waals surface area contributed by atoms with Crippen LogP contribution in [0.4, 0.5) is 0 Å². The Hall–Kier alpha value is -2.50. The van der Waals surface area contributed by atoms with Crippen LogP contribution in [0.15, 0.2) is 47.1 Å². The summed E-state index contributed by atoms with van der Waals surface area (Å²) in [5.74, 6) is -0.0974. The lowest BCUT2D eigenvalue weighted by molar-refractivity contribution is 0.0694. The molecule has 0 bridgehead atoms. The van der Waals surface area contributed by atoms with Crippen LogP contribution in [-0.2, 0) is 19.6 Å². The molecule has 5 nitrogen and oxygen atoms in total. The van der Waals surface area contributed by atoms with Gasteiger partial charge in [-0.05, 0) is 43.7 Å². The third-order valence-corrected chi connectivity index (χ3v) is 4.77. The molecular weight excluding hydrogens is 352 g/mol. The van der Waals surface area contributed by atoms with Crippen LogP contribution in [-0.4, -0.2) is 15.6 Å². The van der Waals surface area contributed by atoms with Gasteiger partial charge < -0.3 is 19.4 Å². The first-order chi connectivity index (χ1) is 12.5. The average Bonchev–Trinajstić information content (AvgIpc) is 3.18. The van der Waals surface area contributed by atoms with Gasteiger partial charge in [0.1, 0.15) is 5.76 Å². The summed E-state index contributed by atoms with van der Waals surface area (Å²) in [5, 5.41) is 13.6. The second-order valence-electron chi connectivity index (χ2n) is 6.23. The highest BCUT2D eigenvalue weighted by Gasteiger charge is 2.22. The zero-order valence-corrected chi connectivity index (χ0v) is 15.5. The van der Waals surface area contributed by atoms with E-state index in [1.165, 1.54) is 0 Å². The van der Waals surface area contributed by atoms with E-state index in [0.29, 0.717) is 30.2 Å². The molecule has 0 amide bonds. The third-order valence-electron chi connectivity index (χ3n) is 4.53. The summed E-state index contributed by atoms with van der Waals surface area (Å²) in [6.45, 7) is 5.38. The van der Waals surface area contributed by atoms with Gasteiger partial charge in [-0.15, -0.1) is 0 Å². The molecule has 3 rings (SSSR count). The maximum absolute atomic E-state index is 11.8. The number of carboxylic acids is 1. The Balaban J connectivity index is 1.87. The first-order valence-electron chi connectivity index (χ1n) is 8.36. The van der Waals surface area contributed by atoms with E-state index in [2.05, 4.69) is 5.32 Å². The van der Waals surface area contributed by atoms with Crippen molar-refractivity contribution in [2.45, 2.75) is 33.5 Å². The van der Waals surface area contributed by atoms with Crippen LogP contribution in [0.3, 0.4) is 0 Å². The maximum Gasteiger partial charge on any atom is 0.337 e. The average molecular weight is 373 g/mol. The second-order valence-corrected chi connectivity index (χ2v) is 6.66. The summed E-state index contributed by atoms with van der Waals surface area (Å²) in [6.07, 6.45) is 1.62. The highest BCUT2D eigenvalue weighted by atomic mass is 35.5. The molecule has 2 heterocycles. The number of furan rings is 1. The monoisotopic (exact) mass is 372 g/mol. The molecule has 0 saturated carbocycles. The molecule has 2 N–H and O–H groups in total. The molecule has 0 aliphatic carbocycles. The van der Waals surface area contributed by atoms with E-state index < -0.39 is 5.97 Å². The molecule has 0 atom stereocenters. The van der Waals surface area contributed by atoms with Gasteiger partial charge in [0, 0.05) is 35.1 Å². The van der Waals surface area contributed by atoms with Crippen molar-refractivity contribution in [1.29, 1.82) is 0 Å². The van der Waals surface area contributed by atoms with Crippen molar-refractivity contribution in [3.63, 3.8) is 0 Å². The Kier molecular flexibility index (Phi) is 5.49. The van der Waals surface area contributed by atoms with Crippen molar-refractivity contribution in [3.8, 4) is 0 Å². The fourth-order valence-corrected chi connectivity index (χ4v) is 3.44. The predicted molar refractivity (Wildman–Crippen MR) is 101 cm³/mol. The fraction of sp³-hybridized carbons (Fsp3) is 0.250. The highest BCUT2D eigenvalue weighted by molar-refractivity contribution is 6.30. The summed E-state index contributed by atoms with van der Waals surface area (Å²) < 4.78 is 7.33. The first kappa shape index (κ1) is 18.3. The number of halogens is 1. The minimum atomic E-state index is -0.912. The normalized spacial score (nSPS) is 11.0. The number of carboxylic acid groups (broad SMARTS) is 1. The number of aromatic carboxylic acids is 1. The van der Waals surface area contributed by atoms with E-state index in [4.69, 9.17) is 16.0 Å². The second kappa shape index (κ2) is 7.81. The van der Waals surface area contributed by atoms with Crippen molar-refractivity contribution in [2.24, 2.45) is 0 Å². The summed E-state index contributed by atoms with van der Waals surface area (Å²) in [7, 11) is 0. The summed E-state index contributed by atoms with van der Waals surface area (Å²) >= 11 is 6.07. The van der Waals surface area contributed by atoms with E-state index in [1.807, 2.05) is 54.8 Å². The van der Waals surface area contributed by atoms with E-state index in [1.54, 1.807) is 6.26 Å². The van der Waals surface area contributed by atoms with Crippen LogP contribution < -0.4 is 5.32 Å². The molecule has 3 aromatic rings. The zero-order valence-electron chi connectivity index (χ0n) is 14.8. The number of carbonyl (C=O) groups is 1. The fourth-order valence-electron chi connectivity index (χ4n) is 3.23. The number of nitrogens with zero attached hydrogens (tertiary/aromatic N) is 1. The minimum absolute atomic E-state index is 0.358. The van der Waals surface area contributed by atoms with Gasteiger partial charge in [-0.3, -0.25) is 0 Å². The van der Waals surface area contributed by atoms with Crippen molar-refractivity contribution in [2.75, 3.05) is 0 Å². The molecule has 0 aliphatic rings. The van der Waals surface area contributed by atoms with Crippen LogP contribution in [0.5, 0.6) is 0 Å². The van der Waals surface area contributed by atoms with Gasteiger partial charge in [0.2, 0.25) is 0 Å². The summed E-state index contributed by atoms with van der Waals surface area (Å²) in [4.78, 5) is 11.8.